The molecule has 130 valence electrons. The van der Waals surface area contributed by atoms with Crippen LogP contribution in [0, 0.1) is 0 Å². The van der Waals surface area contributed by atoms with Crippen LogP contribution in [0.25, 0.3) is 22.8 Å². The van der Waals surface area contributed by atoms with Crippen LogP contribution in [0.2, 0.25) is 0 Å². The van der Waals surface area contributed by atoms with Crippen LogP contribution >= 0.6 is 53.4 Å². The molecule has 6 nitrogen and oxygen atoms in total. The van der Waals surface area contributed by atoms with Gasteiger partial charge in [-0.3, -0.25) is 10.2 Å². The lowest BCUT2D eigenvalue weighted by atomic mass is 10.2. The van der Waals surface area contributed by atoms with Crippen molar-refractivity contribution in [2.45, 2.75) is 10.3 Å². The minimum Gasteiger partial charge on any atom is -0.258 e. The second-order valence-corrected chi connectivity index (χ2v) is 8.83. The normalized spacial score (nSPS) is 11.0. The monoisotopic (exact) mass is 508 g/mol. The summed E-state index contributed by atoms with van der Waals surface area (Å²) in [5.41, 5.74) is 1.93. The van der Waals surface area contributed by atoms with E-state index in [9.17, 15) is 0 Å². The van der Waals surface area contributed by atoms with Crippen LogP contribution in [0.3, 0.4) is 0 Å². The maximum atomic E-state index is 4.51. The van der Waals surface area contributed by atoms with Gasteiger partial charge in [0, 0.05) is 20.1 Å². The predicted octanol–water partition coefficient (Wildman–Crippen LogP) is 5.58. The Hall–Kier alpha value is -1.62. The van der Waals surface area contributed by atoms with Gasteiger partial charge >= 0.3 is 0 Å². The Bertz CT molecular complexity index is 965. The molecule has 0 radical (unpaired) electrons. The average molecular weight is 510 g/mol. The van der Waals surface area contributed by atoms with Gasteiger partial charge in [-0.1, -0.05) is 68.3 Å². The number of nitrogens with one attached hydrogen (secondary N) is 2. The van der Waals surface area contributed by atoms with Crippen molar-refractivity contribution in [1.29, 1.82) is 0 Å². The molecule has 0 saturated heterocycles. The topological polar surface area (TPSA) is 83.1 Å². The minimum atomic E-state index is 0.619. The van der Waals surface area contributed by atoms with E-state index in [0.29, 0.717) is 22.0 Å². The highest BCUT2D eigenvalue weighted by Gasteiger charge is 2.13. The van der Waals surface area contributed by atoms with Crippen LogP contribution in [0.15, 0.2) is 67.8 Å². The molecule has 0 aliphatic heterocycles. The smallest absolute Gasteiger partial charge is 0.219 e. The molecule has 10 heteroatoms. The van der Waals surface area contributed by atoms with Crippen LogP contribution in [0.1, 0.15) is 0 Å². The lowest BCUT2D eigenvalue weighted by molar-refractivity contribution is 0.973. The van der Waals surface area contributed by atoms with Crippen molar-refractivity contribution in [1.82, 2.24) is 30.4 Å². The molecular weight excluding hydrogens is 500 g/mol. The van der Waals surface area contributed by atoms with Crippen molar-refractivity contribution in [3.8, 4) is 22.8 Å². The number of hydrogen-bond acceptors (Lipinski definition) is 6. The third-order valence-electron chi connectivity index (χ3n) is 3.38. The lowest BCUT2D eigenvalue weighted by Gasteiger charge is -1.98. The number of halogens is 2. The molecule has 4 rings (SSSR count). The fourth-order valence-electron chi connectivity index (χ4n) is 2.19. The van der Waals surface area contributed by atoms with Crippen LogP contribution in [-0.4, -0.2) is 30.4 Å². The summed E-state index contributed by atoms with van der Waals surface area (Å²) >= 11 is 7.04. The Balaban J connectivity index is 1.46. The van der Waals surface area contributed by atoms with E-state index in [4.69, 9.17) is 0 Å². The summed E-state index contributed by atoms with van der Waals surface area (Å²) < 4.78 is 1.93. The molecule has 0 unspecified atom stereocenters. The zero-order valence-electron chi connectivity index (χ0n) is 13.0. The summed E-state index contributed by atoms with van der Waals surface area (Å²) in [6.45, 7) is 0. The highest BCUT2D eigenvalue weighted by molar-refractivity contribution is 9.11. The molecular formula is C16H10Br2N6S2. The molecule has 2 aromatic heterocycles. The van der Waals surface area contributed by atoms with Gasteiger partial charge in [-0.25, -0.2) is 9.97 Å². The second kappa shape index (κ2) is 7.95. The molecule has 0 aliphatic carbocycles. The first kappa shape index (κ1) is 17.8. The molecule has 2 aromatic carbocycles. The van der Waals surface area contributed by atoms with Crippen LogP contribution in [0.5, 0.6) is 0 Å². The number of rotatable bonds is 5. The van der Waals surface area contributed by atoms with Gasteiger partial charge in [0.25, 0.3) is 0 Å². The predicted molar refractivity (Wildman–Crippen MR) is 111 cm³/mol. The number of benzene rings is 2. The molecule has 4 aromatic rings. The molecule has 0 spiro atoms. The highest BCUT2D eigenvalue weighted by Crippen LogP contribution is 2.36. The third-order valence-corrected chi connectivity index (χ3v) is 6.65. The molecule has 0 fully saturated rings. The van der Waals surface area contributed by atoms with Gasteiger partial charge in [0.05, 0.1) is 0 Å². The van der Waals surface area contributed by atoms with E-state index in [1.54, 1.807) is 0 Å². The lowest BCUT2D eigenvalue weighted by Crippen LogP contribution is -1.81. The third kappa shape index (κ3) is 3.88. The fourth-order valence-corrected chi connectivity index (χ4v) is 4.60. The first-order valence-corrected chi connectivity index (χ1v) is 11.1. The van der Waals surface area contributed by atoms with Gasteiger partial charge in [-0.05, 0) is 33.7 Å². The van der Waals surface area contributed by atoms with Gasteiger partial charge in [-0.2, -0.15) is 0 Å². The minimum absolute atomic E-state index is 0.619. The molecule has 2 N–H and O–H groups in total. The Morgan fingerprint density at radius 3 is 1.50 bits per heavy atom. The van der Waals surface area contributed by atoms with Crippen molar-refractivity contribution < 1.29 is 0 Å². The maximum Gasteiger partial charge on any atom is 0.219 e. The van der Waals surface area contributed by atoms with Crippen molar-refractivity contribution in [3.63, 3.8) is 0 Å². The SMILES string of the molecule is Brc1ccccc1-c1nc(SSc2n[nH]c(-c3ccccc3Br)n2)n[nH]1. The van der Waals surface area contributed by atoms with Crippen LogP contribution in [-0.2, 0) is 0 Å². The second-order valence-electron chi connectivity index (χ2n) is 5.06. The standard InChI is InChI=1S/C16H10Br2N6S2/c17-11-7-3-1-5-9(11)13-19-15(23-21-13)25-26-16-20-14(22-24-16)10-6-2-4-8-12(10)18/h1-8H,(H,19,21,23)(H,20,22,24). The van der Waals surface area contributed by atoms with E-state index in [1.165, 1.54) is 21.6 Å². The molecule has 0 atom stereocenters. The Morgan fingerprint density at radius 2 is 1.08 bits per heavy atom. The maximum absolute atomic E-state index is 4.51. The van der Waals surface area contributed by atoms with Gasteiger partial charge in [-0.15, -0.1) is 10.2 Å². The van der Waals surface area contributed by atoms with E-state index >= 15 is 0 Å². The summed E-state index contributed by atoms with van der Waals surface area (Å²) in [5.74, 6) is 1.42. The average Bonchev–Trinajstić information content (AvgIpc) is 3.30. The fraction of sp³-hybridized carbons (Fsp3) is 0. The molecule has 26 heavy (non-hydrogen) atoms. The molecule has 2 heterocycles. The largest absolute Gasteiger partial charge is 0.258 e. The highest BCUT2D eigenvalue weighted by atomic mass is 79.9. The van der Waals surface area contributed by atoms with Gasteiger partial charge in [0.2, 0.25) is 10.3 Å². The van der Waals surface area contributed by atoms with Gasteiger partial charge in [0.1, 0.15) is 0 Å². The first-order valence-electron chi connectivity index (χ1n) is 7.40. The Morgan fingerprint density at radius 1 is 0.654 bits per heavy atom. The van der Waals surface area contributed by atoms with Crippen molar-refractivity contribution >= 4 is 53.4 Å². The quantitative estimate of drug-likeness (QED) is 0.341. The number of nitrogens with zero attached hydrogens (tertiary/aromatic N) is 4. The number of aromatic nitrogens is 6. The van der Waals surface area contributed by atoms with Crippen LogP contribution in [0.4, 0.5) is 0 Å². The first-order chi connectivity index (χ1) is 12.7. The molecule has 0 saturated carbocycles. The number of H-pyrrole nitrogens is 2. The van der Waals surface area contributed by atoms with E-state index in [0.717, 1.165) is 20.1 Å². The summed E-state index contributed by atoms with van der Waals surface area (Å²) in [7, 11) is 2.80. The van der Waals surface area contributed by atoms with Gasteiger partial charge < -0.3 is 0 Å². The van der Waals surface area contributed by atoms with Crippen molar-refractivity contribution in [2.75, 3.05) is 0 Å². The number of aromatic amines is 2. The molecule has 0 aliphatic rings. The summed E-state index contributed by atoms with van der Waals surface area (Å²) in [5, 5.41) is 15.6. The van der Waals surface area contributed by atoms with Crippen molar-refractivity contribution in [2.24, 2.45) is 0 Å². The van der Waals surface area contributed by atoms with E-state index in [1.807, 2.05) is 48.5 Å². The number of hydrogen-bond donors (Lipinski definition) is 2. The van der Waals surface area contributed by atoms with E-state index in [-0.39, 0.29) is 0 Å². The Labute approximate surface area is 173 Å². The summed E-state index contributed by atoms with van der Waals surface area (Å²) in [6.07, 6.45) is 0. The van der Waals surface area contributed by atoms with Crippen LogP contribution < -0.4 is 0 Å². The Kier molecular flexibility index (Phi) is 5.44. The zero-order valence-corrected chi connectivity index (χ0v) is 17.8. The van der Waals surface area contributed by atoms with Crippen molar-refractivity contribution in [3.05, 3.63) is 57.5 Å². The summed E-state index contributed by atoms with van der Waals surface area (Å²) in [4.78, 5) is 9.02. The molecule has 0 amide bonds. The zero-order chi connectivity index (χ0) is 17.9. The van der Waals surface area contributed by atoms with Gasteiger partial charge in [0.15, 0.2) is 11.6 Å². The summed E-state index contributed by atoms with van der Waals surface area (Å²) in [6, 6.07) is 15.7. The van der Waals surface area contributed by atoms with E-state index < -0.39 is 0 Å². The van der Waals surface area contributed by atoms with E-state index in [2.05, 4.69) is 62.2 Å². The molecule has 0 bridgehead atoms.